The van der Waals surface area contributed by atoms with E-state index in [2.05, 4.69) is 16.1 Å². The molecule has 1 aromatic carbocycles. The van der Waals surface area contributed by atoms with Crippen LogP contribution in [0, 0.1) is 17.2 Å². The minimum absolute atomic E-state index is 0.0440. The molecule has 1 aromatic rings. The Labute approximate surface area is 117 Å². The average Bonchev–Trinajstić information content (AvgIpc) is 2.85. The second-order valence-electron chi connectivity index (χ2n) is 4.80. The number of benzene rings is 1. The molecule has 0 aromatic heterocycles. The highest BCUT2D eigenvalue weighted by Crippen LogP contribution is 2.29. The van der Waals surface area contributed by atoms with Crippen molar-refractivity contribution in [1.82, 2.24) is 0 Å². The topological polar surface area (TPSA) is 92.9 Å². The average molecular weight is 269 g/mol. The van der Waals surface area contributed by atoms with Crippen molar-refractivity contribution in [2.45, 2.75) is 19.8 Å². The molecule has 6 heteroatoms. The molecule has 0 radical (unpaired) electrons. The minimum Gasteiger partial charge on any atom is -0.312 e. The lowest BCUT2D eigenvalue weighted by molar-refractivity contribution is -0.117. The molecule has 0 saturated carbocycles. The van der Waals surface area contributed by atoms with Gasteiger partial charge in [0.25, 0.3) is 0 Å². The van der Waals surface area contributed by atoms with Gasteiger partial charge in [-0.1, -0.05) is 12.0 Å². The summed E-state index contributed by atoms with van der Waals surface area (Å²) < 4.78 is 0. The Morgan fingerprint density at radius 2 is 2.40 bits per heavy atom. The molecule has 1 heterocycles. The van der Waals surface area contributed by atoms with Crippen LogP contribution in [0.4, 0.5) is 5.69 Å². The van der Waals surface area contributed by atoms with E-state index < -0.39 is 0 Å². The quantitative estimate of drug-likeness (QED) is 0.477. The van der Waals surface area contributed by atoms with E-state index >= 15 is 0 Å². The van der Waals surface area contributed by atoms with E-state index in [4.69, 9.17) is 10.8 Å². The number of anilines is 1. The van der Waals surface area contributed by atoms with Gasteiger partial charge < -0.3 is 4.90 Å². The Hall–Kier alpha value is -2.51. The summed E-state index contributed by atoms with van der Waals surface area (Å²) in [5.41, 5.74) is 10.8. The molecular weight excluding hydrogens is 254 g/mol. The molecule has 0 aliphatic carbocycles. The largest absolute Gasteiger partial charge is 0.312 e. The second kappa shape index (κ2) is 6.09. The Morgan fingerprint density at radius 1 is 1.60 bits per heavy atom. The van der Waals surface area contributed by atoms with Crippen LogP contribution in [0.15, 0.2) is 23.3 Å². The summed E-state index contributed by atoms with van der Waals surface area (Å²) in [5.74, 6) is 0.112. The molecule has 102 valence electrons. The van der Waals surface area contributed by atoms with E-state index in [1.807, 2.05) is 19.1 Å². The Balaban J connectivity index is 2.26. The zero-order valence-electron chi connectivity index (χ0n) is 11.3. The second-order valence-corrected chi connectivity index (χ2v) is 4.80. The predicted molar refractivity (Wildman–Crippen MR) is 75.0 cm³/mol. The highest BCUT2D eigenvalue weighted by molar-refractivity contribution is 5.96. The highest BCUT2D eigenvalue weighted by Gasteiger charge is 2.31. The molecular formula is C14H15N5O. The first-order chi connectivity index (χ1) is 9.69. The van der Waals surface area contributed by atoms with Gasteiger partial charge in [-0.15, -0.1) is 0 Å². The normalized spacial score (nSPS) is 17.7. The van der Waals surface area contributed by atoms with Crippen LogP contribution in [0.25, 0.3) is 10.4 Å². The lowest BCUT2D eigenvalue weighted by Gasteiger charge is -2.20. The van der Waals surface area contributed by atoms with Crippen molar-refractivity contribution in [2.75, 3.05) is 18.0 Å². The molecule has 20 heavy (non-hydrogen) atoms. The fraction of sp³-hybridized carbons (Fsp3) is 0.429. The van der Waals surface area contributed by atoms with Crippen LogP contribution >= 0.6 is 0 Å². The maximum atomic E-state index is 12.1. The Bertz CT molecular complexity index is 612. The summed E-state index contributed by atoms with van der Waals surface area (Å²) >= 11 is 0. The van der Waals surface area contributed by atoms with Crippen molar-refractivity contribution in [2.24, 2.45) is 11.0 Å². The van der Waals surface area contributed by atoms with Gasteiger partial charge in [0.1, 0.15) is 0 Å². The van der Waals surface area contributed by atoms with Crippen LogP contribution in [0.2, 0.25) is 0 Å². The summed E-state index contributed by atoms with van der Waals surface area (Å²) in [4.78, 5) is 16.6. The summed E-state index contributed by atoms with van der Waals surface area (Å²) in [7, 11) is 0. The molecule has 1 unspecified atom stereocenters. The van der Waals surface area contributed by atoms with Crippen LogP contribution in [0.1, 0.15) is 24.5 Å². The van der Waals surface area contributed by atoms with E-state index in [0.29, 0.717) is 25.1 Å². The molecule has 1 aliphatic rings. The van der Waals surface area contributed by atoms with Crippen LogP contribution in [-0.2, 0) is 11.2 Å². The molecule has 1 amide bonds. The molecule has 0 bridgehead atoms. The third-order valence-corrected chi connectivity index (χ3v) is 3.49. The third-order valence-electron chi connectivity index (χ3n) is 3.49. The van der Waals surface area contributed by atoms with Gasteiger partial charge in [-0.05, 0) is 41.6 Å². The lowest BCUT2D eigenvalue weighted by atomic mass is 10.1. The number of carbonyl (C=O) groups is 1. The van der Waals surface area contributed by atoms with Crippen LogP contribution in [-0.4, -0.2) is 19.0 Å². The number of amides is 1. The first-order valence-electron chi connectivity index (χ1n) is 6.53. The van der Waals surface area contributed by atoms with Gasteiger partial charge >= 0.3 is 0 Å². The molecule has 0 N–H and O–H groups in total. The summed E-state index contributed by atoms with van der Waals surface area (Å²) in [6, 6.07) is 7.48. The number of hydrogen-bond acceptors (Lipinski definition) is 3. The first kappa shape index (κ1) is 13.9. The van der Waals surface area contributed by atoms with E-state index in [0.717, 1.165) is 17.7 Å². The molecule has 0 spiro atoms. The van der Waals surface area contributed by atoms with Crippen molar-refractivity contribution < 1.29 is 4.79 Å². The molecule has 6 nitrogen and oxygen atoms in total. The zero-order chi connectivity index (χ0) is 14.5. The summed E-state index contributed by atoms with van der Waals surface area (Å²) in [5, 5.41) is 12.5. The number of carbonyl (C=O) groups excluding carboxylic acids is 1. The van der Waals surface area contributed by atoms with Gasteiger partial charge in [-0.25, -0.2) is 0 Å². The van der Waals surface area contributed by atoms with Crippen LogP contribution < -0.4 is 4.90 Å². The Morgan fingerprint density at radius 3 is 3.05 bits per heavy atom. The monoisotopic (exact) mass is 269 g/mol. The van der Waals surface area contributed by atoms with Crippen LogP contribution in [0.5, 0.6) is 0 Å². The standard InChI is InChI=1S/C14H15N5O/c1-2-12-5-10(7-15)3-4-13(12)19-9-11(6-14(19)20)8-17-18-16/h3-5,11H,2,6,8-9H2,1H3. The number of nitriles is 1. The van der Waals surface area contributed by atoms with Crippen molar-refractivity contribution in [1.29, 1.82) is 5.26 Å². The first-order valence-corrected chi connectivity index (χ1v) is 6.53. The molecule has 1 fully saturated rings. The van der Waals surface area contributed by atoms with Gasteiger partial charge in [0, 0.05) is 30.1 Å². The van der Waals surface area contributed by atoms with E-state index in [1.54, 1.807) is 11.0 Å². The smallest absolute Gasteiger partial charge is 0.227 e. The van der Waals surface area contributed by atoms with Crippen molar-refractivity contribution in [3.63, 3.8) is 0 Å². The third kappa shape index (κ3) is 2.73. The number of nitrogens with zero attached hydrogens (tertiary/aromatic N) is 5. The molecule has 2 rings (SSSR count). The van der Waals surface area contributed by atoms with Crippen molar-refractivity contribution in [3.05, 3.63) is 39.8 Å². The van der Waals surface area contributed by atoms with Crippen LogP contribution in [0.3, 0.4) is 0 Å². The van der Waals surface area contributed by atoms with E-state index in [1.165, 1.54) is 0 Å². The summed E-state index contributed by atoms with van der Waals surface area (Å²) in [6.07, 6.45) is 1.16. The maximum Gasteiger partial charge on any atom is 0.227 e. The van der Waals surface area contributed by atoms with E-state index in [-0.39, 0.29) is 11.8 Å². The van der Waals surface area contributed by atoms with Gasteiger partial charge in [0.05, 0.1) is 11.6 Å². The molecule has 1 atom stereocenters. The van der Waals surface area contributed by atoms with Gasteiger partial charge in [-0.3, -0.25) is 4.79 Å². The van der Waals surface area contributed by atoms with Crippen molar-refractivity contribution in [3.8, 4) is 6.07 Å². The number of aryl methyl sites for hydroxylation is 1. The molecule has 1 saturated heterocycles. The fourth-order valence-electron chi connectivity index (χ4n) is 2.49. The van der Waals surface area contributed by atoms with Crippen molar-refractivity contribution >= 4 is 11.6 Å². The molecule has 1 aliphatic heterocycles. The Kier molecular flexibility index (Phi) is 4.24. The minimum atomic E-state index is 0.0440. The zero-order valence-corrected chi connectivity index (χ0v) is 11.3. The lowest BCUT2D eigenvalue weighted by Crippen LogP contribution is -2.26. The highest BCUT2D eigenvalue weighted by atomic mass is 16.2. The number of azide groups is 1. The van der Waals surface area contributed by atoms with Gasteiger partial charge in [0.2, 0.25) is 5.91 Å². The van der Waals surface area contributed by atoms with Gasteiger partial charge in [-0.2, -0.15) is 5.26 Å². The maximum absolute atomic E-state index is 12.1. The predicted octanol–water partition coefficient (Wildman–Crippen LogP) is 2.78. The summed E-state index contributed by atoms with van der Waals surface area (Å²) in [6.45, 7) is 2.91. The van der Waals surface area contributed by atoms with E-state index in [9.17, 15) is 4.79 Å². The number of hydrogen-bond donors (Lipinski definition) is 0. The SMILES string of the molecule is CCc1cc(C#N)ccc1N1CC(CN=[N+]=[N-])CC1=O. The van der Waals surface area contributed by atoms with Gasteiger partial charge in [0.15, 0.2) is 0 Å². The number of rotatable bonds is 4. The fourth-order valence-corrected chi connectivity index (χ4v) is 2.49.